The molecular formula is C13H28N2S. The second-order valence-electron chi connectivity index (χ2n) is 4.80. The quantitative estimate of drug-likeness (QED) is 0.706. The van der Waals surface area contributed by atoms with E-state index in [1.165, 1.54) is 50.4 Å². The van der Waals surface area contributed by atoms with E-state index >= 15 is 0 Å². The van der Waals surface area contributed by atoms with E-state index in [0.717, 1.165) is 6.04 Å². The van der Waals surface area contributed by atoms with E-state index in [0.29, 0.717) is 6.04 Å². The predicted molar refractivity (Wildman–Crippen MR) is 75.3 cm³/mol. The SMILES string of the molecule is CCN(CC)CCCC(C)NC1CCSC1. The van der Waals surface area contributed by atoms with Crippen molar-refractivity contribution >= 4 is 11.8 Å². The molecule has 96 valence electrons. The highest BCUT2D eigenvalue weighted by Gasteiger charge is 2.16. The second kappa shape index (κ2) is 8.37. The molecule has 2 atom stereocenters. The molecule has 0 aromatic rings. The normalized spacial score (nSPS) is 22.9. The zero-order chi connectivity index (χ0) is 11.8. The van der Waals surface area contributed by atoms with Gasteiger partial charge < -0.3 is 10.2 Å². The zero-order valence-corrected chi connectivity index (χ0v) is 12.0. The molecule has 0 radical (unpaired) electrons. The molecule has 16 heavy (non-hydrogen) atoms. The van der Waals surface area contributed by atoms with Crippen LogP contribution in [0.15, 0.2) is 0 Å². The Morgan fingerprint density at radius 3 is 2.69 bits per heavy atom. The lowest BCUT2D eigenvalue weighted by molar-refractivity contribution is 0.288. The Kier molecular flexibility index (Phi) is 7.50. The highest BCUT2D eigenvalue weighted by molar-refractivity contribution is 7.99. The van der Waals surface area contributed by atoms with Crippen molar-refractivity contribution in [1.82, 2.24) is 10.2 Å². The fourth-order valence-electron chi connectivity index (χ4n) is 2.31. The molecule has 2 nitrogen and oxygen atoms in total. The lowest BCUT2D eigenvalue weighted by atomic mass is 10.1. The van der Waals surface area contributed by atoms with E-state index in [2.05, 4.69) is 42.7 Å². The van der Waals surface area contributed by atoms with Crippen LogP contribution in [0.2, 0.25) is 0 Å². The van der Waals surface area contributed by atoms with Crippen molar-refractivity contribution in [3.05, 3.63) is 0 Å². The van der Waals surface area contributed by atoms with E-state index in [9.17, 15) is 0 Å². The molecule has 1 heterocycles. The van der Waals surface area contributed by atoms with Crippen LogP contribution in [0.1, 0.15) is 40.0 Å². The maximum absolute atomic E-state index is 3.75. The van der Waals surface area contributed by atoms with Crippen LogP contribution in [0.5, 0.6) is 0 Å². The fourth-order valence-corrected chi connectivity index (χ4v) is 3.48. The van der Waals surface area contributed by atoms with Gasteiger partial charge in [-0.1, -0.05) is 13.8 Å². The standard InChI is InChI=1S/C13H28N2S/c1-4-15(5-2)9-6-7-12(3)14-13-8-10-16-11-13/h12-14H,4-11H2,1-3H3. The summed E-state index contributed by atoms with van der Waals surface area (Å²) in [6, 6.07) is 1.48. The minimum atomic E-state index is 0.694. The number of thioether (sulfide) groups is 1. The minimum absolute atomic E-state index is 0.694. The molecule has 0 amide bonds. The van der Waals surface area contributed by atoms with Crippen LogP contribution < -0.4 is 5.32 Å². The van der Waals surface area contributed by atoms with Gasteiger partial charge in [-0.15, -0.1) is 0 Å². The number of hydrogen-bond acceptors (Lipinski definition) is 3. The molecule has 0 aliphatic carbocycles. The van der Waals surface area contributed by atoms with Crippen molar-refractivity contribution < 1.29 is 0 Å². The Morgan fingerprint density at radius 1 is 1.38 bits per heavy atom. The fraction of sp³-hybridized carbons (Fsp3) is 1.00. The molecular weight excluding hydrogens is 216 g/mol. The molecule has 1 rings (SSSR count). The van der Waals surface area contributed by atoms with Crippen molar-refractivity contribution in [3.8, 4) is 0 Å². The van der Waals surface area contributed by atoms with Gasteiger partial charge in [0, 0.05) is 17.8 Å². The van der Waals surface area contributed by atoms with Crippen molar-refractivity contribution in [2.24, 2.45) is 0 Å². The summed E-state index contributed by atoms with van der Waals surface area (Å²) < 4.78 is 0. The topological polar surface area (TPSA) is 15.3 Å². The summed E-state index contributed by atoms with van der Waals surface area (Å²) in [6.07, 6.45) is 4.01. The Morgan fingerprint density at radius 2 is 2.12 bits per heavy atom. The van der Waals surface area contributed by atoms with E-state index < -0.39 is 0 Å². The first kappa shape index (κ1) is 14.3. The molecule has 1 fully saturated rings. The van der Waals surface area contributed by atoms with Crippen LogP contribution >= 0.6 is 11.8 Å². The van der Waals surface area contributed by atoms with Crippen LogP contribution in [0.4, 0.5) is 0 Å². The largest absolute Gasteiger partial charge is 0.311 e. The maximum atomic E-state index is 3.75. The van der Waals surface area contributed by atoms with Gasteiger partial charge in [-0.2, -0.15) is 11.8 Å². The van der Waals surface area contributed by atoms with Crippen molar-refractivity contribution in [2.75, 3.05) is 31.1 Å². The summed E-state index contributed by atoms with van der Waals surface area (Å²) in [5.41, 5.74) is 0. The second-order valence-corrected chi connectivity index (χ2v) is 5.95. The van der Waals surface area contributed by atoms with Gasteiger partial charge in [0.15, 0.2) is 0 Å². The average Bonchev–Trinajstić information content (AvgIpc) is 2.77. The average molecular weight is 244 g/mol. The van der Waals surface area contributed by atoms with Gasteiger partial charge in [0.1, 0.15) is 0 Å². The molecule has 1 aliphatic heterocycles. The van der Waals surface area contributed by atoms with Crippen LogP contribution in [0.3, 0.4) is 0 Å². The van der Waals surface area contributed by atoms with Crippen LogP contribution in [-0.2, 0) is 0 Å². The van der Waals surface area contributed by atoms with E-state index in [1.807, 2.05) is 0 Å². The molecule has 1 saturated heterocycles. The first-order chi connectivity index (χ1) is 7.76. The van der Waals surface area contributed by atoms with Crippen molar-refractivity contribution in [1.29, 1.82) is 0 Å². The molecule has 0 aromatic heterocycles. The Bertz CT molecular complexity index is 165. The smallest absolute Gasteiger partial charge is 0.0168 e. The molecule has 0 bridgehead atoms. The third kappa shape index (κ3) is 5.55. The van der Waals surface area contributed by atoms with Gasteiger partial charge >= 0.3 is 0 Å². The monoisotopic (exact) mass is 244 g/mol. The van der Waals surface area contributed by atoms with Crippen molar-refractivity contribution in [3.63, 3.8) is 0 Å². The van der Waals surface area contributed by atoms with Gasteiger partial charge in [0.25, 0.3) is 0 Å². The minimum Gasteiger partial charge on any atom is -0.311 e. The molecule has 3 heteroatoms. The van der Waals surface area contributed by atoms with Gasteiger partial charge in [-0.3, -0.25) is 0 Å². The van der Waals surface area contributed by atoms with E-state index in [1.54, 1.807) is 0 Å². The summed E-state index contributed by atoms with van der Waals surface area (Å²) in [7, 11) is 0. The highest BCUT2D eigenvalue weighted by Crippen LogP contribution is 2.17. The maximum Gasteiger partial charge on any atom is 0.0168 e. The Hall–Kier alpha value is 0.270. The van der Waals surface area contributed by atoms with Gasteiger partial charge in [-0.05, 0) is 51.6 Å². The van der Waals surface area contributed by atoms with E-state index in [4.69, 9.17) is 0 Å². The molecule has 0 aromatic carbocycles. The molecule has 2 unspecified atom stereocenters. The van der Waals surface area contributed by atoms with Crippen molar-refractivity contribution in [2.45, 2.75) is 52.1 Å². The third-order valence-corrected chi connectivity index (χ3v) is 4.62. The molecule has 1 N–H and O–H groups in total. The number of nitrogens with zero attached hydrogens (tertiary/aromatic N) is 1. The Labute approximate surface area is 106 Å². The lowest BCUT2D eigenvalue weighted by Gasteiger charge is -2.21. The van der Waals surface area contributed by atoms with Crippen LogP contribution in [0.25, 0.3) is 0 Å². The van der Waals surface area contributed by atoms with E-state index in [-0.39, 0.29) is 0 Å². The first-order valence-corrected chi connectivity index (χ1v) is 7.97. The summed E-state index contributed by atoms with van der Waals surface area (Å²) in [5, 5.41) is 3.75. The highest BCUT2D eigenvalue weighted by atomic mass is 32.2. The molecule has 0 saturated carbocycles. The third-order valence-electron chi connectivity index (χ3n) is 3.46. The van der Waals surface area contributed by atoms with Crippen LogP contribution in [0, 0.1) is 0 Å². The summed E-state index contributed by atoms with van der Waals surface area (Å²) >= 11 is 2.09. The number of rotatable bonds is 8. The predicted octanol–water partition coefficient (Wildman–Crippen LogP) is 2.59. The molecule has 1 aliphatic rings. The van der Waals surface area contributed by atoms with Crippen LogP contribution in [-0.4, -0.2) is 48.1 Å². The first-order valence-electron chi connectivity index (χ1n) is 6.82. The summed E-state index contributed by atoms with van der Waals surface area (Å²) in [4.78, 5) is 2.51. The van der Waals surface area contributed by atoms with Gasteiger partial charge in [0.05, 0.1) is 0 Å². The number of nitrogens with one attached hydrogen (secondary N) is 1. The Balaban J connectivity index is 2.02. The van der Waals surface area contributed by atoms with Gasteiger partial charge in [0.2, 0.25) is 0 Å². The zero-order valence-electron chi connectivity index (χ0n) is 11.2. The summed E-state index contributed by atoms with van der Waals surface area (Å²) in [5.74, 6) is 2.67. The molecule has 0 spiro atoms. The lowest BCUT2D eigenvalue weighted by Crippen LogP contribution is -2.37. The summed E-state index contributed by atoms with van der Waals surface area (Å²) in [6.45, 7) is 10.5. The van der Waals surface area contributed by atoms with Gasteiger partial charge in [-0.25, -0.2) is 0 Å². The number of hydrogen-bond donors (Lipinski definition) is 1.